The van der Waals surface area contributed by atoms with E-state index in [4.69, 9.17) is 102 Å². The number of fused-ring (bicyclic) bond motifs is 7. The predicted molar refractivity (Wildman–Crippen MR) is 108 cm³/mol. The van der Waals surface area contributed by atoms with Crippen molar-refractivity contribution in [3.8, 4) is 0 Å². The summed E-state index contributed by atoms with van der Waals surface area (Å²) in [7, 11) is 0. The Balaban J connectivity index is 1.79. The van der Waals surface area contributed by atoms with Crippen molar-refractivity contribution < 1.29 is 19.1 Å². The summed E-state index contributed by atoms with van der Waals surface area (Å²) in [5.74, 6) is -3.04. The summed E-state index contributed by atoms with van der Waals surface area (Å²) in [5.41, 5.74) is 0.964. The van der Waals surface area contributed by atoms with Gasteiger partial charge in [0.05, 0.1) is 23.0 Å². The monoisotopic (exact) mass is 542 g/mol. The number of esters is 2. The largest absolute Gasteiger partial charge is 0.455 e. The van der Waals surface area contributed by atoms with E-state index in [0.717, 1.165) is 0 Å². The van der Waals surface area contributed by atoms with Crippen LogP contribution in [0.15, 0.2) is 12.1 Å². The molecule has 2 fully saturated rings. The van der Waals surface area contributed by atoms with Crippen molar-refractivity contribution in [2.75, 3.05) is 0 Å². The number of halogens is 8. The van der Waals surface area contributed by atoms with E-state index in [2.05, 4.69) is 0 Å². The van der Waals surface area contributed by atoms with Crippen LogP contribution in [0.5, 0.6) is 0 Å². The highest BCUT2D eigenvalue weighted by Crippen LogP contribution is 2.72. The average molecular weight is 546 g/mol. The molecule has 0 aromatic heterocycles. The minimum Gasteiger partial charge on any atom is -0.455 e. The van der Waals surface area contributed by atoms with Gasteiger partial charge in [0.1, 0.15) is 12.2 Å². The number of hydrogen-bond donors (Lipinski definition) is 0. The van der Waals surface area contributed by atoms with Gasteiger partial charge in [-0.05, 0) is 23.3 Å². The third-order valence-corrected chi connectivity index (χ3v) is 10.8. The molecule has 2 aliphatic carbocycles. The minimum absolute atomic E-state index is 0.147. The van der Waals surface area contributed by atoms with Crippen LogP contribution in [0.3, 0.4) is 0 Å². The van der Waals surface area contributed by atoms with E-state index in [1.807, 2.05) is 0 Å². The van der Waals surface area contributed by atoms with Crippen LogP contribution in [0.1, 0.15) is 43.7 Å². The van der Waals surface area contributed by atoms with Crippen LogP contribution in [0.25, 0.3) is 0 Å². The molecule has 0 bridgehead atoms. The van der Waals surface area contributed by atoms with Crippen LogP contribution in [0, 0.1) is 0 Å². The SMILES string of the molecule is O=C1O[C@H]2[C@@H](c3c1ccc1c3[C@@H]3[C@H](OC1=O)C(Cl)(Cl)C3(Cl)Cl)C(Cl)(Cl)C2(Cl)Cl. The van der Waals surface area contributed by atoms with Crippen molar-refractivity contribution in [2.24, 2.45) is 0 Å². The van der Waals surface area contributed by atoms with E-state index in [1.54, 1.807) is 0 Å². The molecule has 12 heteroatoms. The molecular weight excluding hydrogens is 540 g/mol. The maximum Gasteiger partial charge on any atom is 0.338 e. The molecule has 0 unspecified atom stereocenters. The van der Waals surface area contributed by atoms with Crippen molar-refractivity contribution in [2.45, 2.75) is 41.4 Å². The second-order valence-electron chi connectivity index (χ2n) is 7.09. The summed E-state index contributed by atoms with van der Waals surface area (Å²) in [6.07, 6.45) is -2.07. The van der Waals surface area contributed by atoms with E-state index in [0.29, 0.717) is 11.1 Å². The van der Waals surface area contributed by atoms with Gasteiger partial charge in [0, 0.05) is 0 Å². The molecule has 2 saturated carbocycles. The normalized spacial score (nSPS) is 37.0. The maximum absolute atomic E-state index is 12.6. The first-order chi connectivity index (χ1) is 12.8. The molecule has 1 aromatic carbocycles. The summed E-state index contributed by atoms with van der Waals surface area (Å²) in [4.78, 5) is 25.2. The zero-order valence-electron chi connectivity index (χ0n) is 13.1. The molecule has 0 radical (unpaired) electrons. The summed E-state index contributed by atoms with van der Waals surface area (Å²) in [6.45, 7) is 0. The molecule has 28 heavy (non-hydrogen) atoms. The van der Waals surface area contributed by atoms with Gasteiger partial charge in [0.15, 0.2) is 17.3 Å². The number of alkyl halides is 8. The summed E-state index contributed by atoms with van der Waals surface area (Å²) >= 11 is 50.6. The van der Waals surface area contributed by atoms with Crippen LogP contribution < -0.4 is 0 Å². The molecule has 150 valence electrons. The third-order valence-electron chi connectivity index (χ3n) is 5.81. The van der Waals surface area contributed by atoms with Gasteiger partial charge in [0.2, 0.25) is 0 Å². The van der Waals surface area contributed by atoms with Gasteiger partial charge in [-0.25, -0.2) is 9.59 Å². The van der Waals surface area contributed by atoms with Crippen molar-refractivity contribution in [3.05, 3.63) is 34.4 Å². The topological polar surface area (TPSA) is 52.6 Å². The Morgan fingerprint density at radius 1 is 0.607 bits per heavy atom. The molecule has 2 heterocycles. The number of ether oxygens (including phenoxy) is 2. The maximum atomic E-state index is 12.6. The molecule has 4 aliphatic rings. The van der Waals surface area contributed by atoms with Crippen LogP contribution in [0.2, 0.25) is 0 Å². The number of carbonyl (C=O) groups is 2. The van der Waals surface area contributed by atoms with Gasteiger partial charge < -0.3 is 9.47 Å². The standard InChI is InChI=1S/C16H6Cl8O4/c17-13(18)7-5-3(11(25)27-9(7)15(13,21)22)1-2-4-6(5)8-10(28-12(4)26)16(23,24)14(8,19)20/h1-2,7-10H/t7-,8-,9+,10+/m1/s1. The smallest absolute Gasteiger partial charge is 0.338 e. The van der Waals surface area contributed by atoms with Gasteiger partial charge in [-0.2, -0.15) is 0 Å². The second kappa shape index (κ2) is 5.63. The number of carbonyl (C=O) groups excluding carboxylic acids is 2. The van der Waals surface area contributed by atoms with Crippen LogP contribution in [-0.2, 0) is 9.47 Å². The Hall–Kier alpha value is 0.480. The predicted octanol–water partition coefficient (Wildman–Crippen LogP) is 5.65. The van der Waals surface area contributed by atoms with Crippen molar-refractivity contribution >= 4 is 105 Å². The van der Waals surface area contributed by atoms with Crippen LogP contribution >= 0.6 is 92.8 Å². The molecule has 0 amide bonds. The van der Waals surface area contributed by atoms with E-state index in [-0.39, 0.29) is 11.1 Å². The van der Waals surface area contributed by atoms with Gasteiger partial charge in [-0.3, -0.25) is 0 Å². The Morgan fingerprint density at radius 2 is 0.929 bits per heavy atom. The molecule has 0 saturated heterocycles. The molecule has 4 nitrogen and oxygen atoms in total. The van der Waals surface area contributed by atoms with E-state index >= 15 is 0 Å². The van der Waals surface area contributed by atoms with Gasteiger partial charge >= 0.3 is 11.9 Å². The number of benzene rings is 1. The molecule has 5 rings (SSSR count). The lowest BCUT2D eigenvalue weighted by atomic mass is 9.63. The lowest BCUT2D eigenvalue weighted by Crippen LogP contribution is -2.71. The van der Waals surface area contributed by atoms with E-state index < -0.39 is 53.3 Å². The first-order valence-electron chi connectivity index (χ1n) is 7.86. The highest BCUT2D eigenvalue weighted by molar-refractivity contribution is 6.66. The number of hydrogen-bond acceptors (Lipinski definition) is 4. The molecule has 0 N–H and O–H groups in total. The molecule has 2 aliphatic heterocycles. The highest BCUT2D eigenvalue weighted by Gasteiger charge is 2.78. The first kappa shape index (κ1) is 20.4. The van der Waals surface area contributed by atoms with Crippen LogP contribution in [-0.4, -0.2) is 41.5 Å². The van der Waals surface area contributed by atoms with E-state index in [1.165, 1.54) is 12.1 Å². The highest BCUT2D eigenvalue weighted by atomic mass is 35.5. The van der Waals surface area contributed by atoms with Gasteiger partial charge in [-0.15, -0.1) is 0 Å². The quantitative estimate of drug-likeness (QED) is 0.312. The minimum atomic E-state index is -1.76. The average Bonchev–Trinajstić information content (AvgIpc) is 2.60. The Kier molecular flexibility index (Phi) is 4.10. The Bertz CT molecular complexity index is 895. The summed E-state index contributed by atoms with van der Waals surface area (Å²) < 4.78 is 3.75. The van der Waals surface area contributed by atoms with Gasteiger partial charge in [-0.1, -0.05) is 92.8 Å². The van der Waals surface area contributed by atoms with E-state index in [9.17, 15) is 9.59 Å². The molecule has 4 atom stereocenters. The number of rotatable bonds is 0. The lowest BCUT2D eigenvalue weighted by molar-refractivity contribution is -0.0285. The molecular formula is C16H6Cl8O4. The third kappa shape index (κ3) is 2.05. The van der Waals surface area contributed by atoms with Crippen molar-refractivity contribution in [1.29, 1.82) is 0 Å². The van der Waals surface area contributed by atoms with Crippen molar-refractivity contribution in [1.82, 2.24) is 0 Å². The Morgan fingerprint density at radius 3 is 1.25 bits per heavy atom. The fraction of sp³-hybridized carbons (Fsp3) is 0.500. The lowest BCUT2D eigenvalue weighted by Gasteiger charge is -2.61. The zero-order chi connectivity index (χ0) is 20.6. The Labute approximate surface area is 198 Å². The van der Waals surface area contributed by atoms with Crippen molar-refractivity contribution in [3.63, 3.8) is 0 Å². The van der Waals surface area contributed by atoms with Crippen LogP contribution in [0.4, 0.5) is 0 Å². The second-order valence-corrected chi connectivity index (χ2v) is 12.6. The summed E-state index contributed by atoms with van der Waals surface area (Å²) in [6, 6.07) is 2.83. The molecule has 1 aromatic rings. The molecule has 0 spiro atoms. The first-order valence-corrected chi connectivity index (χ1v) is 10.9. The fourth-order valence-corrected chi connectivity index (χ4v) is 6.85. The summed E-state index contributed by atoms with van der Waals surface area (Å²) in [5, 5.41) is 0. The zero-order valence-corrected chi connectivity index (χ0v) is 19.2. The van der Waals surface area contributed by atoms with Gasteiger partial charge in [0.25, 0.3) is 0 Å². The fourth-order valence-electron chi connectivity index (χ4n) is 4.37.